The van der Waals surface area contributed by atoms with E-state index < -0.39 is 0 Å². The Labute approximate surface area is 123 Å². The molecule has 6 heteroatoms. The zero-order valence-electron chi connectivity index (χ0n) is 9.98. The van der Waals surface area contributed by atoms with Crippen LogP contribution < -0.4 is 10.9 Å². The first-order chi connectivity index (χ1) is 8.97. The van der Waals surface area contributed by atoms with Crippen LogP contribution in [0.3, 0.4) is 0 Å². The number of anilines is 1. The van der Waals surface area contributed by atoms with Crippen LogP contribution in [0.25, 0.3) is 0 Å². The Morgan fingerprint density at radius 1 is 1.32 bits per heavy atom. The molecule has 0 radical (unpaired) electrons. The molecule has 1 heterocycles. The van der Waals surface area contributed by atoms with E-state index in [-0.39, 0.29) is 11.5 Å². The van der Waals surface area contributed by atoms with Crippen LogP contribution in [-0.2, 0) is 7.05 Å². The van der Waals surface area contributed by atoms with E-state index in [9.17, 15) is 9.59 Å². The topological polar surface area (TPSA) is 51.1 Å². The predicted molar refractivity (Wildman–Crippen MR) is 78.8 cm³/mol. The fraction of sp³-hybridized carbons (Fsp3) is 0.0769. The Kier molecular flexibility index (Phi) is 4.07. The molecule has 0 aliphatic carbocycles. The van der Waals surface area contributed by atoms with Crippen molar-refractivity contribution in [2.75, 3.05) is 5.32 Å². The molecule has 19 heavy (non-hydrogen) atoms. The number of nitrogens with zero attached hydrogens (tertiary/aromatic N) is 1. The molecule has 1 aromatic carbocycles. The lowest BCUT2D eigenvalue weighted by Gasteiger charge is -2.06. The van der Waals surface area contributed by atoms with E-state index in [1.54, 1.807) is 37.5 Å². The lowest BCUT2D eigenvalue weighted by Crippen LogP contribution is -2.19. The van der Waals surface area contributed by atoms with E-state index in [4.69, 9.17) is 11.6 Å². The number of amides is 1. The fourth-order valence-electron chi connectivity index (χ4n) is 1.47. The van der Waals surface area contributed by atoms with Gasteiger partial charge in [0.1, 0.15) is 0 Å². The lowest BCUT2D eigenvalue weighted by atomic mass is 10.2. The maximum atomic E-state index is 12.0. The molecule has 0 bridgehead atoms. The highest BCUT2D eigenvalue weighted by molar-refractivity contribution is 9.10. The molecule has 0 saturated heterocycles. The molecule has 98 valence electrons. The van der Waals surface area contributed by atoms with Crippen molar-refractivity contribution in [3.05, 3.63) is 61.9 Å². The molecule has 4 nitrogen and oxygen atoms in total. The summed E-state index contributed by atoms with van der Waals surface area (Å²) in [4.78, 5) is 23.4. The van der Waals surface area contributed by atoms with Crippen molar-refractivity contribution in [3.63, 3.8) is 0 Å². The van der Waals surface area contributed by atoms with Gasteiger partial charge in [0.15, 0.2) is 0 Å². The number of carbonyl (C=O) groups excluding carboxylic acids is 1. The van der Waals surface area contributed by atoms with Crippen molar-refractivity contribution < 1.29 is 4.79 Å². The van der Waals surface area contributed by atoms with Crippen LogP contribution in [0.5, 0.6) is 0 Å². The third-order valence-corrected chi connectivity index (χ3v) is 3.78. The number of hydrogen-bond acceptors (Lipinski definition) is 2. The molecular weight excluding hydrogens is 332 g/mol. The summed E-state index contributed by atoms with van der Waals surface area (Å²) >= 11 is 9.21. The molecule has 1 N–H and O–H groups in total. The Morgan fingerprint density at radius 3 is 2.68 bits per heavy atom. The Morgan fingerprint density at radius 2 is 2.05 bits per heavy atom. The maximum Gasteiger partial charge on any atom is 0.255 e. The van der Waals surface area contributed by atoms with Crippen molar-refractivity contribution in [1.82, 2.24) is 4.57 Å². The number of benzene rings is 1. The quantitative estimate of drug-likeness (QED) is 0.913. The van der Waals surface area contributed by atoms with Gasteiger partial charge in [0.05, 0.1) is 5.02 Å². The first-order valence-electron chi connectivity index (χ1n) is 5.40. The summed E-state index contributed by atoms with van der Waals surface area (Å²) in [6.07, 6.45) is 1.55. The average Bonchev–Trinajstić information content (AvgIpc) is 2.37. The molecule has 2 aromatic rings. The van der Waals surface area contributed by atoms with Crippen molar-refractivity contribution in [2.45, 2.75) is 0 Å². The Hall–Kier alpha value is -1.59. The molecule has 0 spiro atoms. The summed E-state index contributed by atoms with van der Waals surface area (Å²) in [6.45, 7) is 0. The van der Waals surface area contributed by atoms with E-state index in [1.165, 1.54) is 10.6 Å². The highest BCUT2D eigenvalue weighted by Crippen LogP contribution is 2.25. The lowest BCUT2D eigenvalue weighted by molar-refractivity contribution is 0.102. The molecule has 0 fully saturated rings. The summed E-state index contributed by atoms with van der Waals surface area (Å²) < 4.78 is 2.15. The average molecular weight is 342 g/mol. The second-order valence-corrected chi connectivity index (χ2v) is 5.21. The SMILES string of the molecule is Cn1ccc(C(=O)Nc2ccc(Br)c(Cl)c2)cc1=O. The number of nitrogens with one attached hydrogen (secondary N) is 1. The number of carbonyl (C=O) groups is 1. The van der Waals surface area contributed by atoms with E-state index in [0.717, 1.165) is 4.47 Å². The number of pyridine rings is 1. The van der Waals surface area contributed by atoms with E-state index >= 15 is 0 Å². The summed E-state index contributed by atoms with van der Waals surface area (Å²) in [5, 5.41) is 3.18. The minimum atomic E-state index is -0.351. The summed E-state index contributed by atoms with van der Waals surface area (Å²) in [6, 6.07) is 7.95. The molecule has 0 aliphatic heterocycles. The first-order valence-corrected chi connectivity index (χ1v) is 6.57. The van der Waals surface area contributed by atoms with Gasteiger partial charge in [-0.1, -0.05) is 11.6 Å². The van der Waals surface area contributed by atoms with E-state index in [0.29, 0.717) is 16.3 Å². The third kappa shape index (κ3) is 3.24. The van der Waals surface area contributed by atoms with Crippen LogP contribution in [0.2, 0.25) is 5.02 Å². The smallest absolute Gasteiger partial charge is 0.255 e. The van der Waals surface area contributed by atoms with Crippen molar-refractivity contribution in [1.29, 1.82) is 0 Å². The normalized spacial score (nSPS) is 10.3. The van der Waals surface area contributed by atoms with Gasteiger partial charge < -0.3 is 9.88 Å². The first kappa shape index (κ1) is 13.8. The van der Waals surface area contributed by atoms with Gasteiger partial charge in [0, 0.05) is 35.0 Å². The van der Waals surface area contributed by atoms with Gasteiger partial charge in [-0.15, -0.1) is 0 Å². The molecule has 1 amide bonds. The molecule has 0 unspecified atom stereocenters. The highest BCUT2D eigenvalue weighted by Gasteiger charge is 2.08. The molecule has 0 atom stereocenters. The van der Waals surface area contributed by atoms with Crippen LogP contribution in [0, 0.1) is 0 Å². The zero-order chi connectivity index (χ0) is 14.0. The van der Waals surface area contributed by atoms with Gasteiger partial charge in [-0.05, 0) is 40.2 Å². The molecule has 0 saturated carbocycles. The number of aryl methyl sites for hydroxylation is 1. The fourth-order valence-corrected chi connectivity index (χ4v) is 1.89. The van der Waals surface area contributed by atoms with E-state index in [2.05, 4.69) is 21.2 Å². The predicted octanol–water partition coefficient (Wildman–Crippen LogP) is 3.05. The van der Waals surface area contributed by atoms with Gasteiger partial charge in [-0.2, -0.15) is 0 Å². The van der Waals surface area contributed by atoms with Gasteiger partial charge in [0.25, 0.3) is 11.5 Å². The van der Waals surface area contributed by atoms with E-state index in [1.807, 2.05) is 0 Å². The largest absolute Gasteiger partial charge is 0.322 e. The summed E-state index contributed by atoms with van der Waals surface area (Å²) in [7, 11) is 1.62. The van der Waals surface area contributed by atoms with Gasteiger partial charge in [-0.3, -0.25) is 9.59 Å². The van der Waals surface area contributed by atoms with Crippen LogP contribution in [0.15, 0.2) is 45.8 Å². The summed E-state index contributed by atoms with van der Waals surface area (Å²) in [5.41, 5.74) is 0.641. The number of halogens is 2. The summed E-state index contributed by atoms with van der Waals surface area (Å²) in [5.74, 6) is -0.351. The molecule has 2 rings (SSSR count). The molecular formula is C13H10BrClN2O2. The second kappa shape index (κ2) is 5.59. The number of hydrogen-bond donors (Lipinski definition) is 1. The standard InChI is InChI=1S/C13H10BrClN2O2/c1-17-5-4-8(6-12(17)18)13(19)16-9-2-3-10(14)11(15)7-9/h2-7H,1H3,(H,16,19). The zero-order valence-corrected chi connectivity index (χ0v) is 12.3. The van der Waals surface area contributed by atoms with Crippen LogP contribution >= 0.6 is 27.5 Å². The Balaban J connectivity index is 2.23. The molecule has 1 aromatic heterocycles. The number of aromatic nitrogens is 1. The third-order valence-electron chi connectivity index (χ3n) is 2.54. The highest BCUT2D eigenvalue weighted by atomic mass is 79.9. The van der Waals surface area contributed by atoms with Crippen LogP contribution in [0.4, 0.5) is 5.69 Å². The van der Waals surface area contributed by atoms with Crippen molar-refractivity contribution in [3.8, 4) is 0 Å². The van der Waals surface area contributed by atoms with Crippen molar-refractivity contribution >= 4 is 39.1 Å². The molecule has 0 aliphatic rings. The van der Waals surface area contributed by atoms with Crippen LogP contribution in [0.1, 0.15) is 10.4 Å². The van der Waals surface area contributed by atoms with Crippen LogP contribution in [-0.4, -0.2) is 10.5 Å². The maximum absolute atomic E-state index is 12.0. The minimum Gasteiger partial charge on any atom is -0.322 e. The second-order valence-electron chi connectivity index (χ2n) is 3.95. The Bertz CT molecular complexity index is 697. The van der Waals surface area contributed by atoms with Crippen molar-refractivity contribution in [2.24, 2.45) is 7.05 Å². The van der Waals surface area contributed by atoms with Gasteiger partial charge >= 0.3 is 0 Å². The van der Waals surface area contributed by atoms with Gasteiger partial charge in [-0.25, -0.2) is 0 Å². The number of rotatable bonds is 2. The monoisotopic (exact) mass is 340 g/mol. The minimum absolute atomic E-state index is 0.235. The van der Waals surface area contributed by atoms with Gasteiger partial charge in [0.2, 0.25) is 0 Å².